The minimum absolute atomic E-state index is 0.0717. The van der Waals surface area contributed by atoms with Crippen LogP contribution in [0.5, 0.6) is 0 Å². The number of hydrogen-bond acceptors (Lipinski definition) is 4. The van der Waals surface area contributed by atoms with Gasteiger partial charge in [-0.3, -0.25) is 9.59 Å². The largest absolute Gasteiger partial charge is 0.353 e. The predicted octanol–water partition coefficient (Wildman–Crippen LogP) is 2.75. The molecule has 0 aromatic carbocycles. The average molecular weight is 479 g/mol. The predicted molar refractivity (Wildman–Crippen MR) is 126 cm³/mol. The van der Waals surface area contributed by atoms with E-state index in [0.29, 0.717) is 50.6 Å². The molecule has 9 heteroatoms. The van der Waals surface area contributed by atoms with Gasteiger partial charge < -0.3 is 14.8 Å². The SMILES string of the molecule is CC1CCN(C(=O)c2cc(S(=O)(=O)N3CCC(C(=O)NC4CCCCC4)CC3)cn2C)CC1. The second-order valence-corrected chi connectivity index (χ2v) is 12.1. The fraction of sp³-hybridized carbons (Fsp3) is 0.750. The zero-order valence-electron chi connectivity index (χ0n) is 20.0. The summed E-state index contributed by atoms with van der Waals surface area (Å²) in [6.45, 7) is 4.27. The normalized spacial score (nSPS) is 22.4. The Morgan fingerprint density at radius 2 is 1.58 bits per heavy atom. The Morgan fingerprint density at radius 1 is 0.939 bits per heavy atom. The lowest BCUT2D eigenvalue weighted by molar-refractivity contribution is -0.127. The van der Waals surface area contributed by atoms with Crippen LogP contribution in [0.4, 0.5) is 0 Å². The molecule has 4 rings (SSSR count). The molecule has 1 saturated carbocycles. The first-order valence-electron chi connectivity index (χ1n) is 12.5. The molecule has 3 aliphatic rings. The van der Waals surface area contributed by atoms with Gasteiger partial charge >= 0.3 is 0 Å². The Hall–Kier alpha value is -1.87. The van der Waals surface area contributed by atoms with Gasteiger partial charge in [-0.25, -0.2) is 8.42 Å². The number of carbonyl (C=O) groups is 2. The summed E-state index contributed by atoms with van der Waals surface area (Å²) in [4.78, 5) is 27.6. The van der Waals surface area contributed by atoms with Gasteiger partial charge in [-0.1, -0.05) is 26.2 Å². The quantitative estimate of drug-likeness (QED) is 0.704. The zero-order valence-corrected chi connectivity index (χ0v) is 20.8. The summed E-state index contributed by atoms with van der Waals surface area (Å²) in [5, 5.41) is 3.18. The summed E-state index contributed by atoms with van der Waals surface area (Å²) in [5.74, 6) is 0.449. The van der Waals surface area contributed by atoms with E-state index >= 15 is 0 Å². The molecule has 8 nitrogen and oxygen atoms in total. The van der Waals surface area contributed by atoms with Crippen molar-refractivity contribution in [2.24, 2.45) is 18.9 Å². The molecule has 1 aromatic heterocycles. The molecule has 0 unspecified atom stereocenters. The molecule has 2 aliphatic heterocycles. The Balaban J connectivity index is 1.36. The van der Waals surface area contributed by atoms with Crippen LogP contribution >= 0.6 is 0 Å². The summed E-state index contributed by atoms with van der Waals surface area (Å²) in [6, 6.07) is 1.79. The van der Waals surface area contributed by atoms with Crippen LogP contribution in [0, 0.1) is 11.8 Å². The molecule has 2 saturated heterocycles. The van der Waals surface area contributed by atoms with E-state index in [1.807, 2.05) is 4.90 Å². The Labute approximate surface area is 197 Å². The van der Waals surface area contributed by atoms with Crippen molar-refractivity contribution in [3.8, 4) is 0 Å². The summed E-state index contributed by atoms with van der Waals surface area (Å²) < 4.78 is 29.6. The number of amides is 2. The van der Waals surface area contributed by atoms with Crippen molar-refractivity contribution < 1.29 is 18.0 Å². The van der Waals surface area contributed by atoms with Crippen molar-refractivity contribution in [1.82, 2.24) is 19.1 Å². The van der Waals surface area contributed by atoms with Crippen LogP contribution < -0.4 is 5.32 Å². The van der Waals surface area contributed by atoms with E-state index in [-0.39, 0.29) is 28.7 Å². The minimum Gasteiger partial charge on any atom is -0.353 e. The Bertz CT molecular complexity index is 951. The van der Waals surface area contributed by atoms with Crippen molar-refractivity contribution in [2.45, 2.75) is 75.6 Å². The number of likely N-dealkylation sites (tertiary alicyclic amines) is 1. The molecule has 0 spiro atoms. The van der Waals surface area contributed by atoms with Crippen LogP contribution in [0.15, 0.2) is 17.2 Å². The number of sulfonamides is 1. The molecule has 184 valence electrons. The van der Waals surface area contributed by atoms with Crippen molar-refractivity contribution in [3.63, 3.8) is 0 Å². The second kappa shape index (κ2) is 10.2. The van der Waals surface area contributed by atoms with E-state index in [4.69, 9.17) is 0 Å². The third kappa shape index (κ3) is 5.45. The number of hydrogen-bond donors (Lipinski definition) is 1. The lowest BCUT2D eigenvalue weighted by Crippen LogP contribution is -2.45. The van der Waals surface area contributed by atoms with Gasteiger partial charge in [0.25, 0.3) is 5.91 Å². The van der Waals surface area contributed by atoms with Gasteiger partial charge in [0.05, 0.1) is 0 Å². The van der Waals surface area contributed by atoms with Gasteiger partial charge in [0.2, 0.25) is 15.9 Å². The van der Waals surface area contributed by atoms with Gasteiger partial charge in [-0.2, -0.15) is 4.31 Å². The topological polar surface area (TPSA) is 91.7 Å². The molecular weight excluding hydrogens is 440 g/mol. The highest BCUT2D eigenvalue weighted by molar-refractivity contribution is 7.89. The molecule has 0 bridgehead atoms. The first-order chi connectivity index (χ1) is 15.8. The standard InChI is InChI=1S/C24H38N4O4S/c1-18-8-12-27(13-9-18)24(30)22-16-21(17-26(22)2)33(31,32)28-14-10-19(11-15-28)23(29)25-20-6-4-3-5-7-20/h16-20H,3-15H2,1-2H3,(H,25,29). The fourth-order valence-electron chi connectivity index (χ4n) is 5.33. The lowest BCUT2D eigenvalue weighted by Gasteiger charge is -2.32. The highest BCUT2D eigenvalue weighted by Gasteiger charge is 2.34. The van der Waals surface area contributed by atoms with Crippen molar-refractivity contribution >= 4 is 21.8 Å². The number of aromatic nitrogens is 1. The number of piperidine rings is 2. The maximum absolute atomic E-state index is 13.3. The molecule has 33 heavy (non-hydrogen) atoms. The van der Waals surface area contributed by atoms with E-state index in [9.17, 15) is 18.0 Å². The zero-order chi connectivity index (χ0) is 23.6. The number of rotatable bonds is 5. The smallest absolute Gasteiger partial charge is 0.270 e. The molecule has 3 fully saturated rings. The number of nitrogens with one attached hydrogen (secondary N) is 1. The minimum atomic E-state index is -3.70. The maximum atomic E-state index is 13.3. The summed E-state index contributed by atoms with van der Waals surface area (Å²) >= 11 is 0. The van der Waals surface area contributed by atoms with E-state index in [1.165, 1.54) is 35.8 Å². The summed E-state index contributed by atoms with van der Waals surface area (Å²) in [7, 11) is -1.98. The molecule has 1 aliphatic carbocycles. The van der Waals surface area contributed by atoms with Gasteiger partial charge in [-0.05, 0) is 50.5 Å². The van der Waals surface area contributed by atoms with Gasteiger partial charge in [0, 0.05) is 51.4 Å². The molecular formula is C24H38N4O4S. The van der Waals surface area contributed by atoms with E-state index in [1.54, 1.807) is 11.6 Å². The van der Waals surface area contributed by atoms with Crippen LogP contribution in [-0.2, 0) is 21.9 Å². The first kappa shape index (κ1) is 24.3. The van der Waals surface area contributed by atoms with E-state index < -0.39 is 10.0 Å². The second-order valence-electron chi connectivity index (χ2n) is 10.2. The fourth-order valence-corrected chi connectivity index (χ4v) is 6.88. The molecule has 3 heterocycles. The highest BCUT2D eigenvalue weighted by atomic mass is 32.2. The van der Waals surface area contributed by atoms with Crippen molar-refractivity contribution in [1.29, 1.82) is 0 Å². The maximum Gasteiger partial charge on any atom is 0.270 e. The molecule has 0 radical (unpaired) electrons. The van der Waals surface area contributed by atoms with E-state index in [2.05, 4.69) is 12.2 Å². The molecule has 0 atom stereocenters. The number of aryl methyl sites for hydroxylation is 1. The van der Waals surface area contributed by atoms with Crippen LogP contribution in [0.3, 0.4) is 0 Å². The third-order valence-corrected chi connectivity index (χ3v) is 9.55. The number of carbonyl (C=O) groups excluding carboxylic acids is 2. The first-order valence-corrected chi connectivity index (χ1v) is 14.0. The monoisotopic (exact) mass is 478 g/mol. The van der Waals surface area contributed by atoms with Gasteiger partial charge in [0.1, 0.15) is 10.6 Å². The third-order valence-electron chi connectivity index (χ3n) is 7.68. The van der Waals surface area contributed by atoms with Gasteiger partial charge in [-0.15, -0.1) is 0 Å². The Kier molecular flexibility index (Phi) is 7.48. The van der Waals surface area contributed by atoms with Gasteiger partial charge in [0.15, 0.2) is 0 Å². The Morgan fingerprint density at radius 3 is 2.21 bits per heavy atom. The molecule has 1 N–H and O–H groups in total. The van der Waals surface area contributed by atoms with Crippen LogP contribution in [0.1, 0.15) is 75.2 Å². The van der Waals surface area contributed by atoms with E-state index in [0.717, 1.165) is 25.7 Å². The summed E-state index contributed by atoms with van der Waals surface area (Å²) in [6.07, 6.45) is 10.2. The van der Waals surface area contributed by atoms with Crippen LogP contribution in [0.25, 0.3) is 0 Å². The highest BCUT2D eigenvalue weighted by Crippen LogP contribution is 2.27. The summed E-state index contributed by atoms with van der Waals surface area (Å²) in [5.41, 5.74) is 0.407. The number of nitrogens with zero attached hydrogens (tertiary/aromatic N) is 3. The van der Waals surface area contributed by atoms with Crippen molar-refractivity contribution in [2.75, 3.05) is 26.2 Å². The van der Waals surface area contributed by atoms with Crippen LogP contribution in [0.2, 0.25) is 0 Å². The lowest BCUT2D eigenvalue weighted by atomic mass is 9.93. The van der Waals surface area contributed by atoms with Crippen molar-refractivity contribution in [3.05, 3.63) is 18.0 Å². The molecule has 2 amide bonds. The average Bonchev–Trinajstić information content (AvgIpc) is 3.22. The molecule has 1 aromatic rings. The van der Waals surface area contributed by atoms with Crippen LogP contribution in [-0.4, -0.2) is 66.2 Å².